The van der Waals surface area contributed by atoms with E-state index >= 15 is 0 Å². The van der Waals surface area contributed by atoms with Gasteiger partial charge in [-0.1, -0.05) is 18.2 Å². The summed E-state index contributed by atoms with van der Waals surface area (Å²) in [6.07, 6.45) is 5.04. The molecule has 5 heteroatoms. The summed E-state index contributed by atoms with van der Waals surface area (Å²) in [6.45, 7) is 0. The van der Waals surface area contributed by atoms with Gasteiger partial charge in [0.25, 0.3) is 5.69 Å². The number of rotatable bonds is 1. The molecule has 0 aliphatic carbocycles. The van der Waals surface area contributed by atoms with E-state index in [1.165, 1.54) is 6.07 Å². The van der Waals surface area contributed by atoms with E-state index in [9.17, 15) is 10.1 Å². The van der Waals surface area contributed by atoms with Crippen LogP contribution >= 0.6 is 0 Å². The fourth-order valence-electron chi connectivity index (χ4n) is 1.26. The molecule has 0 amide bonds. The molecule has 0 bridgehead atoms. The number of allylic oxidation sites excluding steroid dienone is 1. The molecular formula is C9H7N3O2. The van der Waals surface area contributed by atoms with Crippen LogP contribution in [0.4, 0.5) is 11.4 Å². The molecule has 0 fully saturated rings. The number of nitrogens with one attached hydrogen (secondary N) is 1. The van der Waals surface area contributed by atoms with Crippen molar-refractivity contribution in [3.8, 4) is 0 Å². The second kappa shape index (κ2) is 3.29. The van der Waals surface area contributed by atoms with Crippen molar-refractivity contribution in [3.63, 3.8) is 0 Å². The summed E-state index contributed by atoms with van der Waals surface area (Å²) in [5, 5.41) is 14.5. The number of para-hydroxylation sites is 1. The van der Waals surface area contributed by atoms with Gasteiger partial charge in [0.05, 0.1) is 4.92 Å². The van der Waals surface area contributed by atoms with Gasteiger partial charge in [0.2, 0.25) is 0 Å². The Labute approximate surface area is 79.9 Å². The third-order valence-electron chi connectivity index (χ3n) is 1.88. The zero-order chi connectivity index (χ0) is 9.97. The number of hydrogen-bond donors (Lipinski definition) is 1. The minimum Gasteiger partial charge on any atom is -0.271 e. The molecule has 1 aromatic rings. The Kier molecular flexibility index (Phi) is 1.98. The first-order chi connectivity index (χ1) is 6.79. The van der Waals surface area contributed by atoms with E-state index in [2.05, 4.69) is 10.5 Å². The van der Waals surface area contributed by atoms with Gasteiger partial charge in [-0.3, -0.25) is 15.5 Å². The third-order valence-corrected chi connectivity index (χ3v) is 1.88. The van der Waals surface area contributed by atoms with Gasteiger partial charge in [-0.05, 0) is 6.08 Å². The minimum absolute atomic E-state index is 0.0335. The fourth-order valence-corrected chi connectivity index (χ4v) is 1.26. The largest absolute Gasteiger partial charge is 0.294 e. The molecule has 1 aromatic carbocycles. The van der Waals surface area contributed by atoms with Crippen LogP contribution in [-0.2, 0) is 0 Å². The maximum atomic E-state index is 10.7. The van der Waals surface area contributed by atoms with Gasteiger partial charge < -0.3 is 0 Å². The van der Waals surface area contributed by atoms with Gasteiger partial charge in [-0.15, -0.1) is 0 Å². The molecule has 0 radical (unpaired) electrons. The number of fused-ring (bicyclic) bond motifs is 1. The maximum absolute atomic E-state index is 10.7. The first-order valence-electron chi connectivity index (χ1n) is 4.02. The number of hydrazone groups is 1. The molecular weight excluding hydrogens is 182 g/mol. The van der Waals surface area contributed by atoms with Crippen molar-refractivity contribution in [1.29, 1.82) is 0 Å². The zero-order valence-electron chi connectivity index (χ0n) is 7.18. The molecule has 0 saturated carbocycles. The Balaban J connectivity index is 2.61. The lowest BCUT2D eigenvalue weighted by atomic mass is 10.1. The molecule has 1 aliphatic heterocycles. The van der Waals surface area contributed by atoms with Crippen LogP contribution in [0, 0.1) is 10.1 Å². The lowest BCUT2D eigenvalue weighted by molar-refractivity contribution is -0.384. The molecule has 0 spiro atoms. The van der Waals surface area contributed by atoms with E-state index < -0.39 is 4.92 Å². The topological polar surface area (TPSA) is 67.5 Å². The Morgan fingerprint density at radius 3 is 3.07 bits per heavy atom. The Morgan fingerprint density at radius 2 is 2.29 bits per heavy atom. The maximum Gasteiger partial charge on any atom is 0.294 e. The second-order valence-corrected chi connectivity index (χ2v) is 2.75. The number of nitro groups is 1. The summed E-state index contributed by atoms with van der Waals surface area (Å²) in [4.78, 5) is 10.2. The normalized spacial score (nSPS) is 12.9. The van der Waals surface area contributed by atoms with Crippen molar-refractivity contribution in [3.05, 3.63) is 40.0 Å². The van der Waals surface area contributed by atoms with E-state index in [0.29, 0.717) is 5.69 Å². The smallest absolute Gasteiger partial charge is 0.271 e. The number of nitrogens with zero attached hydrogens (tertiary/aromatic N) is 2. The van der Waals surface area contributed by atoms with E-state index in [-0.39, 0.29) is 5.69 Å². The molecule has 5 nitrogen and oxygen atoms in total. The summed E-state index contributed by atoms with van der Waals surface area (Å²) >= 11 is 0. The molecule has 0 unspecified atom stereocenters. The average molecular weight is 189 g/mol. The summed E-state index contributed by atoms with van der Waals surface area (Å²) in [7, 11) is 0. The summed E-state index contributed by atoms with van der Waals surface area (Å²) in [6, 6.07) is 4.88. The summed E-state index contributed by atoms with van der Waals surface area (Å²) < 4.78 is 0. The molecule has 1 aliphatic rings. The second-order valence-electron chi connectivity index (χ2n) is 2.75. The van der Waals surface area contributed by atoms with Crippen molar-refractivity contribution < 1.29 is 4.92 Å². The van der Waals surface area contributed by atoms with Gasteiger partial charge in [-0.25, -0.2) is 0 Å². The highest BCUT2D eigenvalue weighted by Crippen LogP contribution is 2.29. The summed E-state index contributed by atoms with van der Waals surface area (Å²) in [5.41, 5.74) is 3.87. The van der Waals surface area contributed by atoms with Gasteiger partial charge in [-0.2, -0.15) is 5.10 Å². The molecule has 0 atom stereocenters. The monoisotopic (exact) mass is 189 g/mol. The van der Waals surface area contributed by atoms with Gasteiger partial charge in [0.15, 0.2) is 0 Å². The highest BCUT2D eigenvalue weighted by molar-refractivity contribution is 5.86. The first-order valence-corrected chi connectivity index (χ1v) is 4.02. The van der Waals surface area contributed by atoms with Crippen LogP contribution in [0.15, 0.2) is 29.4 Å². The van der Waals surface area contributed by atoms with Crippen molar-refractivity contribution in [2.45, 2.75) is 0 Å². The lowest BCUT2D eigenvalue weighted by Gasteiger charge is -2.03. The zero-order valence-corrected chi connectivity index (χ0v) is 7.18. The quantitative estimate of drug-likeness (QED) is 0.542. The molecule has 14 heavy (non-hydrogen) atoms. The van der Waals surface area contributed by atoms with Crippen LogP contribution in [0.2, 0.25) is 0 Å². The van der Waals surface area contributed by atoms with Crippen molar-refractivity contribution in [2.24, 2.45) is 5.10 Å². The van der Waals surface area contributed by atoms with Crippen molar-refractivity contribution >= 4 is 23.7 Å². The van der Waals surface area contributed by atoms with Crippen LogP contribution < -0.4 is 5.43 Å². The highest BCUT2D eigenvalue weighted by Gasteiger charge is 2.15. The molecule has 2 rings (SSSR count). The molecule has 0 aromatic heterocycles. The Hall–Kier alpha value is -2.17. The first kappa shape index (κ1) is 8.43. The highest BCUT2D eigenvalue weighted by atomic mass is 16.6. The number of anilines is 1. The fraction of sp³-hybridized carbons (Fsp3) is 0. The van der Waals surface area contributed by atoms with Crippen LogP contribution in [0.3, 0.4) is 0 Å². The van der Waals surface area contributed by atoms with E-state index in [1.807, 2.05) is 0 Å². The molecule has 0 saturated heterocycles. The van der Waals surface area contributed by atoms with Crippen LogP contribution in [-0.4, -0.2) is 11.1 Å². The van der Waals surface area contributed by atoms with Crippen LogP contribution in [0.25, 0.3) is 6.08 Å². The Morgan fingerprint density at radius 1 is 1.43 bits per heavy atom. The minimum atomic E-state index is -0.430. The standard InChI is InChI=1S/C9H7N3O2/c13-12(14)8-5-1-3-7-4-2-6-10-11-9(7)8/h1-6,11H. The van der Waals surface area contributed by atoms with Crippen molar-refractivity contribution in [2.75, 3.05) is 5.43 Å². The van der Waals surface area contributed by atoms with E-state index in [4.69, 9.17) is 0 Å². The van der Waals surface area contributed by atoms with Crippen LogP contribution in [0.5, 0.6) is 0 Å². The van der Waals surface area contributed by atoms with E-state index in [1.54, 1.807) is 30.5 Å². The third kappa shape index (κ3) is 1.35. The van der Waals surface area contributed by atoms with Crippen molar-refractivity contribution in [1.82, 2.24) is 0 Å². The SMILES string of the molecule is O=[N+]([O-])c1cccc2c1NN=CC=C2. The predicted molar refractivity (Wildman–Crippen MR) is 54.2 cm³/mol. The number of benzene rings is 1. The Bertz CT molecular complexity index is 438. The molecule has 1 N–H and O–H groups in total. The molecule has 70 valence electrons. The van der Waals surface area contributed by atoms with E-state index in [0.717, 1.165) is 5.56 Å². The van der Waals surface area contributed by atoms with Crippen LogP contribution in [0.1, 0.15) is 5.56 Å². The van der Waals surface area contributed by atoms with Gasteiger partial charge in [0.1, 0.15) is 5.69 Å². The lowest BCUT2D eigenvalue weighted by Crippen LogP contribution is -1.97. The molecule has 1 heterocycles. The van der Waals surface area contributed by atoms with Gasteiger partial charge >= 0.3 is 0 Å². The average Bonchev–Trinajstić information content (AvgIpc) is 2.41. The predicted octanol–water partition coefficient (Wildman–Crippen LogP) is 2.02. The number of nitro benzene ring substituents is 1. The van der Waals surface area contributed by atoms with Gasteiger partial charge in [0, 0.05) is 17.8 Å². The summed E-state index contributed by atoms with van der Waals surface area (Å²) in [5.74, 6) is 0. The number of hydrogen-bond acceptors (Lipinski definition) is 4.